The summed E-state index contributed by atoms with van der Waals surface area (Å²) in [6.07, 6.45) is -1.02. The summed E-state index contributed by atoms with van der Waals surface area (Å²) in [5.74, 6) is 0.570. The number of alkyl halides is 3. The van der Waals surface area contributed by atoms with Crippen molar-refractivity contribution in [1.29, 1.82) is 0 Å². The Morgan fingerprint density at radius 2 is 2.19 bits per heavy atom. The first-order valence-corrected chi connectivity index (χ1v) is 8.79. The number of aromatic amines is 1. The summed E-state index contributed by atoms with van der Waals surface area (Å²) >= 11 is 0. The Bertz CT molecular complexity index is 962. The Labute approximate surface area is 156 Å². The standard InChI is InChI=1S/C18H19F3N6.2H2/c19-18(20,21)12-7-14(16-13-4-1-5-23-17(13)26-25-16)24-15(8-12)27-6-2-3-11(9-22)10-27;;/h1,4-5,7-8,11H,2-3,6,9-10,22H2,(H,23,25,26);2*1H. The van der Waals surface area contributed by atoms with E-state index in [1.807, 2.05) is 4.90 Å². The molecule has 3 aromatic rings. The van der Waals surface area contributed by atoms with Crippen molar-refractivity contribution in [2.45, 2.75) is 19.0 Å². The van der Waals surface area contributed by atoms with Crippen LogP contribution in [0.3, 0.4) is 0 Å². The smallest absolute Gasteiger partial charge is 0.356 e. The molecule has 9 heteroatoms. The molecule has 0 saturated carbocycles. The number of nitrogens with two attached hydrogens (primary N) is 1. The normalized spacial score (nSPS) is 18.2. The SMILES string of the molecule is NCC1CCCN(c2cc(C(F)(F)F)cc(-c3[nH]nc4ncccc34)n2)C1.[HH].[HH]. The van der Waals surface area contributed by atoms with E-state index >= 15 is 0 Å². The molecular formula is C18H23F3N6. The Balaban J connectivity index is 0.00000150. The number of piperidine rings is 1. The average Bonchev–Trinajstić information content (AvgIpc) is 3.11. The molecule has 1 saturated heterocycles. The van der Waals surface area contributed by atoms with Gasteiger partial charge in [-0.25, -0.2) is 9.97 Å². The monoisotopic (exact) mass is 380 g/mol. The number of rotatable bonds is 3. The number of anilines is 1. The fourth-order valence-electron chi connectivity index (χ4n) is 3.48. The van der Waals surface area contributed by atoms with Crippen molar-refractivity contribution in [3.8, 4) is 11.4 Å². The molecular weight excluding hydrogens is 357 g/mol. The number of fused-ring (bicyclic) bond motifs is 1. The molecule has 0 radical (unpaired) electrons. The lowest BCUT2D eigenvalue weighted by Crippen LogP contribution is -2.39. The Morgan fingerprint density at radius 1 is 1.33 bits per heavy atom. The van der Waals surface area contributed by atoms with Crippen LogP contribution < -0.4 is 10.6 Å². The van der Waals surface area contributed by atoms with E-state index in [0.29, 0.717) is 42.2 Å². The highest BCUT2D eigenvalue weighted by molar-refractivity contribution is 5.89. The van der Waals surface area contributed by atoms with Gasteiger partial charge in [-0.3, -0.25) is 5.10 Å². The second kappa shape index (κ2) is 6.80. The van der Waals surface area contributed by atoms with Crippen LogP contribution in [0, 0.1) is 5.92 Å². The van der Waals surface area contributed by atoms with Crippen LogP contribution in [0.4, 0.5) is 19.0 Å². The minimum atomic E-state index is -4.47. The number of nitrogens with zero attached hydrogens (tertiary/aromatic N) is 4. The lowest BCUT2D eigenvalue weighted by atomic mass is 9.98. The molecule has 146 valence electrons. The van der Waals surface area contributed by atoms with Gasteiger partial charge >= 0.3 is 6.18 Å². The van der Waals surface area contributed by atoms with Gasteiger partial charge in [-0.15, -0.1) is 0 Å². The third-order valence-electron chi connectivity index (χ3n) is 4.90. The highest BCUT2D eigenvalue weighted by Crippen LogP contribution is 2.35. The van der Waals surface area contributed by atoms with Gasteiger partial charge in [0.15, 0.2) is 5.65 Å². The van der Waals surface area contributed by atoms with Crippen LogP contribution >= 0.6 is 0 Å². The van der Waals surface area contributed by atoms with Crippen molar-refractivity contribution in [1.82, 2.24) is 20.2 Å². The van der Waals surface area contributed by atoms with Crippen LogP contribution in [0.25, 0.3) is 22.4 Å². The minimum Gasteiger partial charge on any atom is -0.356 e. The number of pyridine rings is 2. The number of aromatic nitrogens is 4. The van der Waals surface area contributed by atoms with Crippen molar-refractivity contribution in [2.24, 2.45) is 11.7 Å². The van der Waals surface area contributed by atoms with Gasteiger partial charge in [0.2, 0.25) is 0 Å². The number of H-pyrrole nitrogens is 1. The van der Waals surface area contributed by atoms with Gasteiger partial charge in [-0.1, -0.05) is 0 Å². The first-order chi connectivity index (χ1) is 13.0. The van der Waals surface area contributed by atoms with E-state index in [1.165, 1.54) is 0 Å². The highest BCUT2D eigenvalue weighted by Gasteiger charge is 2.33. The molecule has 0 aromatic carbocycles. The fraction of sp³-hybridized carbons (Fsp3) is 0.389. The van der Waals surface area contributed by atoms with Gasteiger partial charge < -0.3 is 10.6 Å². The van der Waals surface area contributed by atoms with Gasteiger partial charge in [-0.2, -0.15) is 18.3 Å². The molecule has 0 spiro atoms. The average molecular weight is 380 g/mol. The molecule has 3 aromatic heterocycles. The van der Waals surface area contributed by atoms with Gasteiger partial charge in [-0.05, 0) is 49.6 Å². The van der Waals surface area contributed by atoms with E-state index in [1.54, 1.807) is 18.3 Å². The lowest BCUT2D eigenvalue weighted by molar-refractivity contribution is -0.137. The van der Waals surface area contributed by atoms with Crippen LogP contribution in [0.2, 0.25) is 0 Å². The van der Waals surface area contributed by atoms with E-state index in [2.05, 4.69) is 20.2 Å². The second-order valence-corrected chi connectivity index (χ2v) is 6.76. The van der Waals surface area contributed by atoms with Crippen LogP contribution in [-0.4, -0.2) is 39.8 Å². The first kappa shape index (κ1) is 17.7. The zero-order valence-electron chi connectivity index (χ0n) is 14.5. The Kier molecular flexibility index (Phi) is 4.47. The lowest BCUT2D eigenvalue weighted by Gasteiger charge is -2.33. The zero-order chi connectivity index (χ0) is 19.0. The van der Waals surface area contributed by atoms with Gasteiger partial charge in [0, 0.05) is 27.5 Å². The first-order valence-electron chi connectivity index (χ1n) is 8.79. The molecule has 1 fully saturated rings. The van der Waals surface area contributed by atoms with E-state index in [9.17, 15) is 13.2 Å². The van der Waals surface area contributed by atoms with Crippen molar-refractivity contribution in [3.05, 3.63) is 36.0 Å². The summed E-state index contributed by atoms with van der Waals surface area (Å²) in [5, 5.41) is 7.48. The van der Waals surface area contributed by atoms with Gasteiger partial charge in [0.1, 0.15) is 5.82 Å². The second-order valence-electron chi connectivity index (χ2n) is 6.76. The molecule has 0 amide bonds. The van der Waals surface area contributed by atoms with Crippen LogP contribution in [0.15, 0.2) is 30.5 Å². The molecule has 1 aliphatic rings. The molecule has 3 N–H and O–H groups in total. The topological polar surface area (TPSA) is 83.7 Å². The van der Waals surface area contributed by atoms with E-state index in [4.69, 9.17) is 5.73 Å². The molecule has 0 aliphatic carbocycles. The number of halogens is 3. The molecule has 1 unspecified atom stereocenters. The van der Waals surface area contributed by atoms with Crippen LogP contribution in [-0.2, 0) is 6.18 Å². The van der Waals surface area contributed by atoms with E-state index in [-0.39, 0.29) is 14.5 Å². The maximum Gasteiger partial charge on any atom is 0.416 e. The maximum absolute atomic E-state index is 13.5. The predicted octanol–water partition coefficient (Wildman–Crippen LogP) is 3.71. The largest absolute Gasteiger partial charge is 0.416 e. The Hall–Kier alpha value is -2.68. The van der Waals surface area contributed by atoms with Gasteiger partial charge in [0.25, 0.3) is 0 Å². The summed E-state index contributed by atoms with van der Waals surface area (Å²) in [7, 11) is 0. The van der Waals surface area contributed by atoms with E-state index in [0.717, 1.165) is 25.0 Å². The molecule has 1 aliphatic heterocycles. The fourth-order valence-corrected chi connectivity index (χ4v) is 3.48. The minimum absolute atomic E-state index is 0. The molecule has 6 nitrogen and oxygen atoms in total. The highest BCUT2D eigenvalue weighted by atomic mass is 19.4. The third kappa shape index (κ3) is 3.46. The predicted molar refractivity (Wildman–Crippen MR) is 100 cm³/mol. The third-order valence-corrected chi connectivity index (χ3v) is 4.90. The number of hydrogen-bond donors (Lipinski definition) is 2. The molecule has 1 atom stereocenters. The quantitative estimate of drug-likeness (QED) is 0.724. The molecule has 0 bridgehead atoms. The van der Waals surface area contributed by atoms with Crippen molar-refractivity contribution in [2.75, 3.05) is 24.5 Å². The van der Waals surface area contributed by atoms with Crippen molar-refractivity contribution >= 4 is 16.9 Å². The summed E-state index contributed by atoms with van der Waals surface area (Å²) in [6, 6.07) is 5.63. The number of nitrogens with one attached hydrogen (secondary N) is 1. The summed E-state index contributed by atoms with van der Waals surface area (Å²) in [5.41, 5.74) is 6.10. The number of hydrogen-bond acceptors (Lipinski definition) is 5. The molecule has 4 heterocycles. The van der Waals surface area contributed by atoms with Crippen LogP contribution in [0.1, 0.15) is 21.3 Å². The van der Waals surface area contributed by atoms with Crippen LogP contribution in [0.5, 0.6) is 0 Å². The Morgan fingerprint density at radius 3 is 2.96 bits per heavy atom. The van der Waals surface area contributed by atoms with Crippen molar-refractivity contribution < 1.29 is 16.0 Å². The maximum atomic E-state index is 13.5. The van der Waals surface area contributed by atoms with Gasteiger partial charge in [0.05, 0.1) is 17.0 Å². The molecule has 4 rings (SSSR count). The van der Waals surface area contributed by atoms with Crippen molar-refractivity contribution in [3.63, 3.8) is 0 Å². The molecule has 27 heavy (non-hydrogen) atoms. The van der Waals surface area contributed by atoms with E-state index < -0.39 is 11.7 Å². The summed E-state index contributed by atoms with van der Waals surface area (Å²) in [6.45, 7) is 1.78. The zero-order valence-corrected chi connectivity index (χ0v) is 14.5. The summed E-state index contributed by atoms with van der Waals surface area (Å²) in [4.78, 5) is 10.5. The summed E-state index contributed by atoms with van der Waals surface area (Å²) < 4.78 is 40.5.